The van der Waals surface area contributed by atoms with E-state index in [-0.39, 0.29) is 33.6 Å². The first-order valence-corrected chi connectivity index (χ1v) is 12.3. The van der Waals surface area contributed by atoms with E-state index in [1.807, 2.05) is 31.2 Å². The monoisotopic (exact) mass is 517 g/mol. The average molecular weight is 518 g/mol. The fraction of sp³-hybridized carbons (Fsp3) is 0.208. The molecule has 0 radical (unpaired) electrons. The van der Waals surface area contributed by atoms with Gasteiger partial charge in [-0.2, -0.15) is 0 Å². The van der Waals surface area contributed by atoms with Crippen LogP contribution in [0.15, 0.2) is 65.6 Å². The molecule has 3 rings (SSSR count). The van der Waals surface area contributed by atoms with Gasteiger partial charge in [0, 0.05) is 23.2 Å². The fourth-order valence-electron chi connectivity index (χ4n) is 3.44. The van der Waals surface area contributed by atoms with Gasteiger partial charge in [-0.3, -0.25) is 19.2 Å². The van der Waals surface area contributed by atoms with Crippen LogP contribution < -0.4 is 14.4 Å². The summed E-state index contributed by atoms with van der Waals surface area (Å²) in [5, 5.41) is 14.3. The standard InChI is InChI=1S/C24H24ClN3O6S/c1-16-5-4-6-18(11-16)14-26-24(29)15-27(22-12-19(25)8-10-23(22)34-3)35(32,33)20-9-7-17(2)21(13-20)28(30)31/h4-13H,14-15H2,1-3H3,(H,26,29). The van der Waals surface area contributed by atoms with Crippen LogP contribution in [0.5, 0.6) is 5.75 Å². The summed E-state index contributed by atoms with van der Waals surface area (Å²) in [5.41, 5.74) is 1.84. The number of nitrogens with zero attached hydrogens (tertiary/aromatic N) is 2. The van der Waals surface area contributed by atoms with Gasteiger partial charge in [0.2, 0.25) is 5.91 Å². The van der Waals surface area contributed by atoms with Crippen molar-refractivity contribution in [1.82, 2.24) is 5.32 Å². The van der Waals surface area contributed by atoms with Gasteiger partial charge in [-0.15, -0.1) is 0 Å². The number of nitro groups is 1. The number of hydrogen-bond donors (Lipinski definition) is 1. The molecule has 0 bridgehead atoms. The predicted molar refractivity (Wildman–Crippen MR) is 133 cm³/mol. The number of sulfonamides is 1. The molecule has 0 unspecified atom stereocenters. The molecule has 0 heterocycles. The summed E-state index contributed by atoms with van der Waals surface area (Å²) in [6.45, 7) is 3.01. The minimum Gasteiger partial charge on any atom is -0.495 e. The van der Waals surface area contributed by atoms with Crippen molar-refractivity contribution in [2.75, 3.05) is 18.0 Å². The van der Waals surface area contributed by atoms with E-state index in [9.17, 15) is 23.3 Å². The number of rotatable bonds is 9. The van der Waals surface area contributed by atoms with Gasteiger partial charge in [-0.05, 0) is 43.7 Å². The first kappa shape index (κ1) is 26.0. The van der Waals surface area contributed by atoms with Gasteiger partial charge in [0.15, 0.2) is 0 Å². The number of hydrogen-bond acceptors (Lipinski definition) is 6. The Balaban J connectivity index is 2.02. The molecule has 0 saturated carbocycles. The van der Waals surface area contributed by atoms with Crippen molar-refractivity contribution in [3.8, 4) is 5.75 Å². The van der Waals surface area contributed by atoms with Crippen molar-refractivity contribution in [2.45, 2.75) is 25.3 Å². The summed E-state index contributed by atoms with van der Waals surface area (Å²) < 4.78 is 33.5. The number of nitro benzene ring substituents is 1. The lowest BCUT2D eigenvalue weighted by molar-refractivity contribution is -0.385. The molecule has 0 spiro atoms. The molecule has 3 aromatic carbocycles. The van der Waals surface area contributed by atoms with Crippen molar-refractivity contribution < 1.29 is 22.9 Å². The van der Waals surface area contributed by atoms with Crippen LogP contribution in [0.3, 0.4) is 0 Å². The van der Waals surface area contributed by atoms with Gasteiger partial charge >= 0.3 is 0 Å². The number of aryl methyl sites for hydroxylation is 2. The van der Waals surface area contributed by atoms with Crippen LogP contribution in [0.25, 0.3) is 0 Å². The number of carbonyl (C=O) groups excluding carboxylic acids is 1. The third-order valence-electron chi connectivity index (χ3n) is 5.23. The molecule has 0 aliphatic carbocycles. The first-order chi connectivity index (χ1) is 16.5. The Morgan fingerprint density at radius 3 is 2.51 bits per heavy atom. The van der Waals surface area contributed by atoms with Gasteiger partial charge in [0.1, 0.15) is 12.3 Å². The highest BCUT2D eigenvalue weighted by molar-refractivity contribution is 7.92. The predicted octanol–water partition coefficient (Wildman–Crippen LogP) is 4.39. The highest BCUT2D eigenvalue weighted by atomic mass is 35.5. The number of methoxy groups -OCH3 is 1. The number of ether oxygens (including phenoxy) is 1. The number of halogens is 1. The first-order valence-electron chi connectivity index (χ1n) is 10.5. The molecule has 0 aliphatic heterocycles. The highest BCUT2D eigenvalue weighted by Gasteiger charge is 2.31. The zero-order valence-electron chi connectivity index (χ0n) is 19.3. The molecule has 0 atom stereocenters. The van der Waals surface area contributed by atoms with Crippen LogP contribution in [0.1, 0.15) is 16.7 Å². The van der Waals surface area contributed by atoms with Crippen LogP contribution in [0, 0.1) is 24.0 Å². The molecule has 1 N–H and O–H groups in total. The van der Waals surface area contributed by atoms with E-state index in [4.69, 9.17) is 16.3 Å². The minimum absolute atomic E-state index is 0.0222. The quantitative estimate of drug-likeness (QED) is 0.332. The fourth-order valence-corrected chi connectivity index (χ4v) is 5.05. The van der Waals surface area contributed by atoms with E-state index in [0.29, 0.717) is 5.56 Å². The molecule has 0 saturated heterocycles. The Hall–Kier alpha value is -3.63. The average Bonchev–Trinajstić information content (AvgIpc) is 2.81. The lowest BCUT2D eigenvalue weighted by Crippen LogP contribution is -2.41. The molecule has 184 valence electrons. The Labute approximate surface area is 208 Å². The second kappa shape index (κ2) is 10.7. The van der Waals surface area contributed by atoms with Crippen LogP contribution >= 0.6 is 11.6 Å². The number of anilines is 1. The third kappa shape index (κ3) is 6.09. The van der Waals surface area contributed by atoms with Crippen molar-refractivity contribution in [1.29, 1.82) is 0 Å². The van der Waals surface area contributed by atoms with Crippen LogP contribution in [-0.2, 0) is 21.4 Å². The van der Waals surface area contributed by atoms with E-state index in [0.717, 1.165) is 21.5 Å². The Bertz CT molecular complexity index is 1380. The van der Waals surface area contributed by atoms with Gasteiger partial charge in [0.25, 0.3) is 15.7 Å². The van der Waals surface area contributed by atoms with E-state index < -0.39 is 27.4 Å². The van der Waals surface area contributed by atoms with Crippen LogP contribution in [0.4, 0.5) is 11.4 Å². The maximum atomic E-state index is 13.7. The summed E-state index contributed by atoms with van der Waals surface area (Å²) in [4.78, 5) is 23.3. The second-order valence-electron chi connectivity index (χ2n) is 7.80. The van der Waals surface area contributed by atoms with Crippen molar-refractivity contribution in [2.24, 2.45) is 0 Å². The maximum absolute atomic E-state index is 13.7. The number of nitrogens with one attached hydrogen (secondary N) is 1. The zero-order valence-corrected chi connectivity index (χ0v) is 20.9. The van der Waals surface area contributed by atoms with Crippen molar-refractivity contribution in [3.05, 3.63) is 92.5 Å². The zero-order chi connectivity index (χ0) is 25.8. The number of carbonyl (C=O) groups is 1. The van der Waals surface area contributed by atoms with Crippen LogP contribution in [0.2, 0.25) is 5.02 Å². The molecular weight excluding hydrogens is 494 g/mol. The normalized spacial score (nSPS) is 11.1. The molecule has 35 heavy (non-hydrogen) atoms. The van der Waals surface area contributed by atoms with Gasteiger partial charge in [-0.25, -0.2) is 8.42 Å². The summed E-state index contributed by atoms with van der Waals surface area (Å²) in [7, 11) is -3.08. The van der Waals surface area contributed by atoms with Gasteiger partial charge in [0.05, 0.1) is 22.6 Å². The Morgan fingerprint density at radius 2 is 1.86 bits per heavy atom. The molecule has 1 amide bonds. The largest absolute Gasteiger partial charge is 0.495 e. The maximum Gasteiger partial charge on any atom is 0.273 e. The smallest absolute Gasteiger partial charge is 0.273 e. The Kier molecular flexibility index (Phi) is 7.98. The van der Waals surface area contributed by atoms with Gasteiger partial charge in [-0.1, -0.05) is 47.5 Å². The summed E-state index contributed by atoms with van der Waals surface area (Å²) in [5.74, 6) is -0.426. The Morgan fingerprint density at radius 1 is 1.11 bits per heavy atom. The summed E-state index contributed by atoms with van der Waals surface area (Å²) in [6, 6.07) is 15.4. The molecule has 11 heteroatoms. The highest BCUT2D eigenvalue weighted by Crippen LogP contribution is 2.35. The number of benzene rings is 3. The number of amides is 1. The van der Waals surface area contributed by atoms with Crippen molar-refractivity contribution >= 4 is 38.9 Å². The van der Waals surface area contributed by atoms with E-state index in [2.05, 4.69) is 5.32 Å². The van der Waals surface area contributed by atoms with E-state index in [1.165, 1.54) is 44.4 Å². The second-order valence-corrected chi connectivity index (χ2v) is 10.1. The summed E-state index contributed by atoms with van der Waals surface area (Å²) >= 11 is 6.13. The lowest BCUT2D eigenvalue weighted by Gasteiger charge is -2.26. The van der Waals surface area contributed by atoms with Crippen LogP contribution in [-0.4, -0.2) is 32.9 Å². The molecule has 0 aliphatic rings. The van der Waals surface area contributed by atoms with Crippen molar-refractivity contribution in [3.63, 3.8) is 0 Å². The SMILES string of the molecule is COc1ccc(Cl)cc1N(CC(=O)NCc1cccc(C)c1)S(=O)(=O)c1ccc(C)c([N+](=O)[O-])c1. The molecule has 9 nitrogen and oxygen atoms in total. The lowest BCUT2D eigenvalue weighted by atomic mass is 10.1. The van der Waals surface area contributed by atoms with E-state index in [1.54, 1.807) is 0 Å². The molecule has 0 aromatic heterocycles. The topological polar surface area (TPSA) is 119 Å². The molecule has 0 fully saturated rings. The summed E-state index contributed by atoms with van der Waals surface area (Å²) in [6.07, 6.45) is 0. The van der Waals surface area contributed by atoms with Gasteiger partial charge < -0.3 is 10.1 Å². The minimum atomic E-state index is -4.43. The third-order valence-corrected chi connectivity index (χ3v) is 7.23. The molecular formula is C24H24ClN3O6S. The molecule has 3 aromatic rings. The van der Waals surface area contributed by atoms with E-state index >= 15 is 0 Å².